The van der Waals surface area contributed by atoms with Gasteiger partial charge in [-0.05, 0) is 12.1 Å². The molecule has 1 aromatic carbocycles. The van der Waals surface area contributed by atoms with E-state index in [0.29, 0.717) is 0 Å². The molecule has 2 aromatic heterocycles. The number of nitrogens with one attached hydrogen (secondary N) is 2. The minimum absolute atomic E-state index is 0.141. The second-order valence-electron chi connectivity index (χ2n) is 5.37. The summed E-state index contributed by atoms with van der Waals surface area (Å²) >= 11 is 0. The number of rotatable bonds is 2. The highest BCUT2D eigenvalue weighted by atomic mass is 16.5. The van der Waals surface area contributed by atoms with Crippen molar-refractivity contribution in [3.05, 3.63) is 52.2 Å². The van der Waals surface area contributed by atoms with E-state index >= 15 is 0 Å². The summed E-state index contributed by atoms with van der Waals surface area (Å²) in [6, 6.07) is 7.68. The van der Waals surface area contributed by atoms with Crippen LogP contribution in [-0.4, -0.2) is 28.0 Å². The van der Waals surface area contributed by atoms with Gasteiger partial charge in [0.15, 0.2) is 0 Å². The van der Waals surface area contributed by atoms with E-state index in [1.807, 2.05) is 24.3 Å². The van der Waals surface area contributed by atoms with E-state index in [1.165, 1.54) is 0 Å². The lowest BCUT2D eigenvalue weighted by Crippen LogP contribution is -2.29. The number of methoxy groups -OCH3 is 1. The summed E-state index contributed by atoms with van der Waals surface area (Å²) in [4.78, 5) is 19.9. The first-order valence-electron chi connectivity index (χ1n) is 7.24. The number of fused-ring (bicyclic) bond motifs is 3. The first kappa shape index (κ1) is 13.1. The fourth-order valence-corrected chi connectivity index (χ4v) is 2.90. The van der Waals surface area contributed by atoms with Crippen LogP contribution in [0.4, 0.5) is 0 Å². The van der Waals surface area contributed by atoms with Crippen LogP contribution < -0.4 is 15.7 Å². The van der Waals surface area contributed by atoms with Gasteiger partial charge in [-0.2, -0.15) is 0 Å². The van der Waals surface area contributed by atoms with Crippen molar-refractivity contribution in [1.82, 2.24) is 19.7 Å². The molecule has 0 bridgehead atoms. The lowest BCUT2D eigenvalue weighted by Gasteiger charge is -2.16. The maximum atomic E-state index is 12.2. The Morgan fingerprint density at radius 3 is 3.14 bits per heavy atom. The molecule has 2 N–H and O–H groups in total. The number of imidazole rings is 1. The molecule has 1 aliphatic heterocycles. The summed E-state index contributed by atoms with van der Waals surface area (Å²) in [6.45, 7) is 1.60. The molecule has 0 atom stereocenters. The van der Waals surface area contributed by atoms with E-state index in [-0.39, 0.29) is 5.69 Å². The van der Waals surface area contributed by atoms with Crippen molar-refractivity contribution >= 4 is 5.65 Å². The Hall–Kier alpha value is -2.60. The largest absolute Gasteiger partial charge is 0.497 e. The zero-order valence-electron chi connectivity index (χ0n) is 12.2. The summed E-state index contributed by atoms with van der Waals surface area (Å²) in [5, 5.41) is 3.32. The number of H-pyrrole nitrogens is 1. The SMILES string of the molecule is COc1cccc(-c2cn3c(=O)[nH]c4c(c3n2)CNCC4)c1. The molecule has 6 heteroatoms. The molecule has 0 radical (unpaired) electrons. The quantitative estimate of drug-likeness (QED) is 0.749. The van der Waals surface area contributed by atoms with E-state index in [2.05, 4.69) is 15.3 Å². The summed E-state index contributed by atoms with van der Waals surface area (Å²) < 4.78 is 6.84. The monoisotopic (exact) mass is 296 g/mol. The fraction of sp³-hybridized carbons (Fsp3) is 0.250. The highest BCUT2D eigenvalue weighted by Gasteiger charge is 2.17. The van der Waals surface area contributed by atoms with Gasteiger partial charge in [0.25, 0.3) is 0 Å². The highest BCUT2D eigenvalue weighted by molar-refractivity contribution is 5.66. The second kappa shape index (κ2) is 4.99. The van der Waals surface area contributed by atoms with Gasteiger partial charge < -0.3 is 15.0 Å². The first-order chi connectivity index (χ1) is 10.8. The maximum absolute atomic E-state index is 12.2. The molecule has 0 amide bonds. The van der Waals surface area contributed by atoms with Crippen LogP contribution in [-0.2, 0) is 13.0 Å². The highest BCUT2D eigenvalue weighted by Crippen LogP contribution is 2.24. The number of aromatic amines is 1. The van der Waals surface area contributed by atoms with Crippen molar-refractivity contribution in [2.75, 3.05) is 13.7 Å². The summed E-state index contributed by atoms with van der Waals surface area (Å²) in [7, 11) is 1.63. The van der Waals surface area contributed by atoms with Gasteiger partial charge in [-0.15, -0.1) is 0 Å². The number of benzene rings is 1. The Morgan fingerprint density at radius 1 is 1.36 bits per heavy atom. The molecule has 0 spiro atoms. The first-order valence-corrected chi connectivity index (χ1v) is 7.24. The third-order valence-electron chi connectivity index (χ3n) is 4.04. The molecule has 0 aliphatic carbocycles. The number of ether oxygens (including phenoxy) is 1. The molecule has 4 rings (SSSR count). The zero-order chi connectivity index (χ0) is 15.1. The average Bonchev–Trinajstić information content (AvgIpc) is 3.01. The molecular weight excluding hydrogens is 280 g/mol. The van der Waals surface area contributed by atoms with Crippen LogP contribution in [0.1, 0.15) is 11.3 Å². The van der Waals surface area contributed by atoms with Crippen molar-refractivity contribution in [3.63, 3.8) is 0 Å². The molecular formula is C16H16N4O2. The smallest absolute Gasteiger partial charge is 0.331 e. The zero-order valence-corrected chi connectivity index (χ0v) is 12.2. The number of nitrogens with zero attached hydrogens (tertiary/aromatic N) is 2. The normalized spacial score (nSPS) is 14.0. The Bertz CT molecular complexity index is 910. The summed E-state index contributed by atoms with van der Waals surface area (Å²) in [5.41, 5.74) is 4.34. The Kier molecular flexibility index (Phi) is 2.97. The number of aromatic nitrogens is 3. The van der Waals surface area contributed by atoms with Gasteiger partial charge in [0, 0.05) is 42.5 Å². The molecule has 3 aromatic rings. The lowest BCUT2D eigenvalue weighted by atomic mass is 10.1. The van der Waals surface area contributed by atoms with Crippen LogP contribution in [0.5, 0.6) is 5.75 Å². The van der Waals surface area contributed by atoms with Crippen LogP contribution >= 0.6 is 0 Å². The average molecular weight is 296 g/mol. The van der Waals surface area contributed by atoms with E-state index in [1.54, 1.807) is 17.7 Å². The molecule has 0 fully saturated rings. The number of hydrogen-bond donors (Lipinski definition) is 2. The Morgan fingerprint density at radius 2 is 2.27 bits per heavy atom. The van der Waals surface area contributed by atoms with Crippen molar-refractivity contribution in [1.29, 1.82) is 0 Å². The minimum Gasteiger partial charge on any atom is -0.497 e. The van der Waals surface area contributed by atoms with E-state index < -0.39 is 0 Å². The van der Waals surface area contributed by atoms with Gasteiger partial charge >= 0.3 is 5.69 Å². The van der Waals surface area contributed by atoms with Gasteiger partial charge in [0.2, 0.25) is 0 Å². The third-order valence-corrected chi connectivity index (χ3v) is 4.04. The topological polar surface area (TPSA) is 71.4 Å². The standard InChI is InChI=1S/C16H16N4O2/c1-22-11-4-2-3-10(7-11)14-9-20-15(18-14)12-8-17-6-5-13(12)19-16(20)21/h2-4,7,9,17H,5-6,8H2,1H3,(H,19,21). The Balaban J connectivity index is 1.93. The summed E-state index contributed by atoms with van der Waals surface area (Å²) in [6.07, 6.45) is 2.60. The molecule has 6 nitrogen and oxygen atoms in total. The van der Waals surface area contributed by atoms with E-state index in [4.69, 9.17) is 4.74 Å². The Labute approximate surface area is 126 Å². The molecule has 0 saturated heterocycles. The van der Waals surface area contributed by atoms with Crippen LogP contribution in [0.25, 0.3) is 16.9 Å². The van der Waals surface area contributed by atoms with E-state index in [9.17, 15) is 4.79 Å². The van der Waals surface area contributed by atoms with Gasteiger partial charge in [-0.1, -0.05) is 12.1 Å². The second-order valence-corrected chi connectivity index (χ2v) is 5.37. The van der Waals surface area contributed by atoms with Gasteiger partial charge in [-0.25, -0.2) is 9.78 Å². The van der Waals surface area contributed by atoms with Crippen molar-refractivity contribution in [2.24, 2.45) is 0 Å². The molecule has 3 heterocycles. The predicted molar refractivity (Wildman–Crippen MR) is 83.2 cm³/mol. The summed E-state index contributed by atoms with van der Waals surface area (Å²) in [5.74, 6) is 0.771. The van der Waals surface area contributed by atoms with Crippen LogP contribution in [0.3, 0.4) is 0 Å². The van der Waals surface area contributed by atoms with Crippen molar-refractivity contribution in [3.8, 4) is 17.0 Å². The fourth-order valence-electron chi connectivity index (χ4n) is 2.90. The molecule has 1 aliphatic rings. The van der Waals surface area contributed by atoms with Crippen LogP contribution in [0.2, 0.25) is 0 Å². The minimum atomic E-state index is -0.141. The van der Waals surface area contributed by atoms with Crippen LogP contribution in [0.15, 0.2) is 35.3 Å². The van der Waals surface area contributed by atoms with Crippen LogP contribution in [0, 0.1) is 0 Å². The molecule has 22 heavy (non-hydrogen) atoms. The van der Waals surface area contributed by atoms with Gasteiger partial charge in [-0.3, -0.25) is 4.40 Å². The predicted octanol–water partition coefficient (Wildman–Crippen LogP) is 1.34. The molecule has 0 saturated carbocycles. The van der Waals surface area contributed by atoms with Crippen molar-refractivity contribution < 1.29 is 4.74 Å². The number of hydrogen-bond acceptors (Lipinski definition) is 4. The molecule has 0 unspecified atom stereocenters. The maximum Gasteiger partial charge on any atom is 0.331 e. The third kappa shape index (κ3) is 2.00. The van der Waals surface area contributed by atoms with Gasteiger partial charge in [0.05, 0.1) is 12.8 Å². The lowest BCUT2D eigenvalue weighted by molar-refractivity contribution is 0.415. The van der Waals surface area contributed by atoms with Crippen molar-refractivity contribution in [2.45, 2.75) is 13.0 Å². The molecule has 112 valence electrons. The van der Waals surface area contributed by atoms with E-state index in [0.717, 1.165) is 53.4 Å². The van der Waals surface area contributed by atoms with Gasteiger partial charge in [0.1, 0.15) is 11.4 Å².